The average Bonchev–Trinajstić information content (AvgIpc) is 2.85. The number of nitrogens with zero attached hydrogens (tertiary/aromatic N) is 3. The smallest absolute Gasteiger partial charge is 0.205 e. The van der Waals surface area contributed by atoms with E-state index in [0.29, 0.717) is 0 Å². The van der Waals surface area contributed by atoms with Crippen LogP contribution in [0.15, 0.2) is 33.7 Å². The van der Waals surface area contributed by atoms with Gasteiger partial charge in [0.05, 0.1) is 26.1 Å². The summed E-state index contributed by atoms with van der Waals surface area (Å²) in [5.41, 5.74) is 1.92. The molecule has 2 rings (SSSR count). The van der Waals surface area contributed by atoms with Crippen molar-refractivity contribution in [3.05, 3.63) is 39.6 Å². The van der Waals surface area contributed by atoms with Crippen molar-refractivity contribution >= 4 is 17.6 Å². The first-order chi connectivity index (χ1) is 9.69. The third kappa shape index (κ3) is 2.91. The molecule has 0 radical (unpaired) electrons. The van der Waals surface area contributed by atoms with E-state index in [1.54, 1.807) is 43.5 Å². The predicted molar refractivity (Wildman–Crippen MR) is 81.1 cm³/mol. The lowest BCUT2D eigenvalue weighted by Gasteiger charge is -2.07. The Labute approximate surface area is 121 Å². The summed E-state index contributed by atoms with van der Waals surface area (Å²) in [5.74, 6) is 1.47. The highest BCUT2D eigenvalue weighted by molar-refractivity contribution is 7.07. The van der Waals surface area contributed by atoms with Gasteiger partial charge in [-0.2, -0.15) is 5.10 Å². The number of aryl methyl sites for hydroxylation is 1. The number of methoxy groups -OCH3 is 2. The molecule has 1 heterocycles. The van der Waals surface area contributed by atoms with Crippen molar-refractivity contribution in [2.45, 2.75) is 6.92 Å². The molecule has 0 N–H and O–H groups in total. The van der Waals surface area contributed by atoms with E-state index >= 15 is 0 Å². The number of hydrogen-bond acceptors (Lipinski definition) is 5. The Hall–Kier alpha value is -2.08. The van der Waals surface area contributed by atoms with Crippen molar-refractivity contribution in [2.75, 3.05) is 21.3 Å². The molecule has 5 nitrogen and oxygen atoms in total. The van der Waals surface area contributed by atoms with Gasteiger partial charge in [0.25, 0.3) is 0 Å². The summed E-state index contributed by atoms with van der Waals surface area (Å²) < 4.78 is 12.3. The van der Waals surface area contributed by atoms with Gasteiger partial charge in [0.1, 0.15) is 11.5 Å². The highest BCUT2D eigenvalue weighted by atomic mass is 32.1. The van der Waals surface area contributed by atoms with Crippen LogP contribution in [0, 0.1) is 6.92 Å². The van der Waals surface area contributed by atoms with Crippen LogP contribution in [-0.2, 0) is 0 Å². The van der Waals surface area contributed by atoms with E-state index in [-0.39, 0.29) is 0 Å². The van der Waals surface area contributed by atoms with Crippen LogP contribution in [0.5, 0.6) is 11.5 Å². The maximum atomic E-state index is 5.34. The van der Waals surface area contributed by atoms with Gasteiger partial charge in [-0.1, -0.05) is 0 Å². The SMILES string of the molecule is CN=c1scc(C)n1N=Cc1ccc(OC)cc1OC. The summed E-state index contributed by atoms with van der Waals surface area (Å²) in [6.45, 7) is 1.99. The second kappa shape index (κ2) is 6.38. The first-order valence-electron chi connectivity index (χ1n) is 6.06. The second-order valence-electron chi connectivity index (χ2n) is 4.05. The van der Waals surface area contributed by atoms with Gasteiger partial charge in [-0.3, -0.25) is 4.99 Å². The zero-order valence-corrected chi connectivity index (χ0v) is 12.8. The fourth-order valence-corrected chi connectivity index (χ4v) is 2.49. The first kappa shape index (κ1) is 14.3. The van der Waals surface area contributed by atoms with E-state index in [0.717, 1.165) is 27.6 Å². The maximum absolute atomic E-state index is 5.34. The third-order valence-electron chi connectivity index (χ3n) is 2.79. The molecule has 0 saturated heterocycles. The average molecular weight is 291 g/mol. The van der Waals surface area contributed by atoms with Crippen LogP contribution in [0.25, 0.3) is 0 Å². The van der Waals surface area contributed by atoms with Crippen LogP contribution in [0.2, 0.25) is 0 Å². The molecule has 0 amide bonds. The van der Waals surface area contributed by atoms with Gasteiger partial charge in [-0.15, -0.1) is 11.3 Å². The van der Waals surface area contributed by atoms with Crippen LogP contribution in [0.3, 0.4) is 0 Å². The zero-order chi connectivity index (χ0) is 14.5. The molecule has 20 heavy (non-hydrogen) atoms. The van der Waals surface area contributed by atoms with Crippen LogP contribution < -0.4 is 14.3 Å². The monoisotopic (exact) mass is 291 g/mol. The van der Waals surface area contributed by atoms with Crippen molar-refractivity contribution in [1.29, 1.82) is 0 Å². The highest BCUT2D eigenvalue weighted by Gasteiger charge is 2.03. The molecule has 0 bridgehead atoms. The molecule has 6 heteroatoms. The lowest BCUT2D eigenvalue weighted by Crippen LogP contribution is -2.11. The molecule has 0 spiro atoms. The van der Waals surface area contributed by atoms with Gasteiger partial charge in [0, 0.05) is 24.1 Å². The molecule has 2 aromatic rings. The summed E-state index contributed by atoms with van der Waals surface area (Å²) in [7, 11) is 5.01. The Bertz CT molecular complexity index is 686. The van der Waals surface area contributed by atoms with Crippen molar-refractivity contribution in [2.24, 2.45) is 10.1 Å². The first-order valence-corrected chi connectivity index (χ1v) is 6.94. The van der Waals surface area contributed by atoms with Crippen molar-refractivity contribution in [1.82, 2.24) is 4.68 Å². The Morgan fingerprint density at radius 2 is 2.05 bits per heavy atom. The van der Waals surface area contributed by atoms with E-state index in [9.17, 15) is 0 Å². The van der Waals surface area contributed by atoms with Crippen LogP contribution >= 0.6 is 11.3 Å². The van der Waals surface area contributed by atoms with Gasteiger partial charge < -0.3 is 9.47 Å². The van der Waals surface area contributed by atoms with E-state index < -0.39 is 0 Å². The molecule has 1 aromatic carbocycles. The molecular formula is C14H17N3O2S. The van der Waals surface area contributed by atoms with E-state index in [4.69, 9.17) is 9.47 Å². The number of ether oxygens (including phenoxy) is 2. The van der Waals surface area contributed by atoms with Crippen LogP contribution in [0.4, 0.5) is 0 Å². The van der Waals surface area contributed by atoms with Gasteiger partial charge in [0.15, 0.2) is 0 Å². The Kier molecular flexibility index (Phi) is 4.57. The standard InChI is InChI=1S/C14H17N3O2S/c1-10-9-20-14(15-2)17(10)16-8-11-5-6-12(18-3)7-13(11)19-4/h5-9H,1-4H3. The number of aromatic nitrogens is 1. The lowest BCUT2D eigenvalue weighted by atomic mass is 10.2. The number of hydrogen-bond donors (Lipinski definition) is 0. The summed E-state index contributed by atoms with van der Waals surface area (Å²) in [6, 6.07) is 5.61. The fourth-order valence-electron chi connectivity index (χ4n) is 1.72. The summed E-state index contributed by atoms with van der Waals surface area (Å²) in [6.07, 6.45) is 1.76. The summed E-state index contributed by atoms with van der Waals surface area (Å²) >= 11 is 1.56. The molecule has 0 aliphatic carbocycles. The maximum Gasteiger partial charge on any atom is 0.205 e. The molecule has 0 aliphatic rings. The molecular weight excluding hydrogens is 274 g/mol. The fraction of sp³-hybridized carbons (Fsp3) is 0.286. The number of thiazole rings is 1. The summed E-state index contributed by atoms with van der Waals surface area (Å²) in [4.78, 5) is 5.04. The van der Waals surface area contributed by atoms with Gasteiger partial charge >= 0.3 is 0 Å². The molecule has 0 aliphatic heterocycles. The van der Waals surface area contributed by atoms with E-state index in [1.807, 2.05) is 30.5 Å². The quantitative estimate of drug-likeness (QED) is 0.811. The summed E-state index contributed by atoms with van der Waals surface area (Å²) in [5, 5.41) is 6.48. The molecule has 0 unspecified atom stereocenters. The minimum Gasteiger partial charge on any atom is -0.497 e. The third-order valence-corrected chi connectivity index (χ3v) is 3.82. The van der Waals surface area contributed by atoms with Crippen LogP contribution in [-0.4, -0.2) is 32.2 Å². The Morgan fingerprint density at radius 3 is 2.70 bits per heavy atom. The van der Waals surface area contributed by atoms with E-state index in [1.165, 1.54) is 0 Å². The molecule has 0 saturated carbocycles. The largest absolute Gasteiger partial charge is 0.497 e. The minimum absolute atomic E-state index is 0.719. The van der Waals surface area contributed by atoms with Crippen molar-refractivity contribution < 1.29 is 9.47 Å². The lowest BCUT2D eigenvalue weighted by molar-refractivity contribution is 0.394. The van der Waals surface area contributed by atoms with Gasteiger partial charge in [-0.05, 0) is 19.1 Å². The molecule has 0 atom stereocenters. The van der Waals surface area contributed by atoms with Crippen molar-refractivity contribution in [3.63, 3.8) is 0 Å². The molecule has 106 valence electrons. The number of rotatable bonds is 4. The second-order valence-corrected chi connectivity index (χ2v) is 4.88. The van der Waals surface area contributed by atoms with Gasteiger partial charge in [0.2, 0.25) is 4.80 Å². The van der Waals surface area contributed by atoms with Crippen molar-refractivity contribution in [3.8, 4) is 11.5 Å². The normalized spacial score (nSPS) is 12.1. The predicted octanol–water partition coefficient (Wildman–Crippen LogP) is 2.29. The minimum atomic E-state index is 0.719. The molecule has 0 fully saturated rings. The Balaban J connectivity index is 2.39. The topological polar surface area (TPSA) is 48.1 Å². The van der Waals surface area contributed by atoms with Crippen LogP contribution in [0.1, 0.15) is 11.3 Å². The zero-order valence-electron chi connectivity index (χ0n) is 12.0. The molecule has 1 aromatic heterocycles. The highest BCUT2D eigenvalue weighted by Crippen LogP contribution is 2.23. The van der Waals surface area contributed by atoms with Gasteiger partial charge in [-0.25, -0.2) is 4.68 Å². The Morgan fingerprint density at radius 1 is 1.25 bits per heavy atom. The van der Waals surface area contributed by atoms with E-state index in [2.05, 4.69) is 10.1 Å². The number of benzene rings is 1.